The van der Waals surface area contributed by atoms with Gasteiger partial charge < -0.3 is 9.84 Å². The van der Waals surface area contributed by atoms with E-state index in [0.717, 1.165) is 16.8 Å². The van der Waals surface area contributed by atoms with Crippen molar-refractivity contribution in [2.75, 3.05) is 6.16 Å². The molecule has 0 saturated carbocycles. The lowest BCUT2D eigenvalue weighted by Crippen LogP contribution is -2.16. The molecule has 174 valence electrons. The Balaban J connectivity index is 2.03. The number of esters is 1. The fraction of sp³-hybridized carbons (Fsp3) is 0.231. The van der Waals surface area contributed by atoms with E-state index in [1.54, 1.807) is 12.1 Å². The molecule has 6 nitrogen and oxygen atoms in total. The number of hydrogen-bond acceptors (Lipinski definition) is 5. The second-order valence-electron chi connectivity index (χ2n) is 7.94. The number of aromatic nitrogens is 1. The molecule has 2 N–H and O–H groups in total. The number of carbonyl (C=O) groups excluding carboxylic acids is 1. The van der Waals surface area contributed by atoms with Gasteiger partial charge in [-0.1, -0.05) is 56.3 Å². The molecule has 0 aliphatic heterocycles. The van der Waals surface area contributed by atoms with E-state index in [2.05, 4.69) is 12.0 Å². The van der Waals surface area contributed by atoms with Gasteiger partial charge in [-0.15, -0.1) is 0 Å². The van der Waals surface area contributed by atoms with E-state index < -0.39 is 32.7 Å². The van der Waals surface area contributed by atoms with Crippen LogP contribution in [0.3, 0.4) is 0 Å². The number of rotatable bonds is 7. The van der Waals surface area contributed by atoms with E-state index in [0.29, 0.717) is 16.8 Å². The van der Waals surface area contributed by atoms with E-state index in [1.807, 2.05) is 50.2 Å². The molecule has 0 amide bonds. The van der Waals surface area contributed by atoms with Crippen LogP contribution >= 0.6 is 8.03 Å². The Hall–Kier alpha value is -3.43. The first-order chi connectivity index (χ1) is 16.2. The maximum absolute atomic E-state index is 13.6. The van der Waals surface area contributed by atoms with Gasteiger partial charge in [0.05, 0.1) is 23.4 Å². The minimum Gasteiger partial charge on any atom is -0.388 e. The summed E-state index contributed by atoms with van der Waals surface area (Å²) >= 11 is 0. The van der Waals surface area contributed by atoms with Crippen molar-refractivity contribution >= 4 is 14.0 Å². The molecule has 0 bridgehead atoms. The average Bonchev–Trinajstić information content (AvgIpc) is 2.79. The standard InChI is InChI=1S/C26H23FNO5P/c1-17(2)26-22(12-13-33-25(30)14-21(29)16-34(31)32)23(18-8-10-20(27)11-9-18)15-24(28-26)19-6-4-3-5-7-19/h3-11,15,17,21,29H,14,16H2,1-2H3/p+1. The summed E-state index contributed by atoms with van der Waals surface area (Å²) in [4.78, 5) is 25.6. The number of hydrogen-bond donors (Lipinski definition) is 2. The maximum atomic E-state index is 13.6. The summed E-state index contributed by atoms with van der Waals surface area (Å²) in [6.07, 6.45) is 0.204. The molecule has 3 aromatic rings. The van der Waals surface area contributed by atoms with E-state index in [-0.39, 0.29) is 11.7 Å². The van der Waals surface area contributed by atoms with Gasteiger partial charge in [0.2, 0.25) is 6.16 Å². The first-order valence-electron chi connectivity index (χ1n) is 10.6. The Labute approximate surface area is 198 Å². The van der Waals surface area contributed by atoms with Crippen LogP contribution in [0.4, 0.5) is 4.39 Å². The normalized spacial score (nSPS) is 12.0. The van der Waals surface area contributed by atoms with Gasteiger partial charge >= 0.3 is 14.0 Å². The van der Waals surface area contributed by atoms with Crippen molar-refractivity contribution in [3.63, 3.8) is 0 Å². The summed E-state index contributed by atoms with van der Waals surface area (Å²) in [5.74, 6) is 1.65. The molecule has 0 fully saturated rings. The predicted octanol–water partition coefficient (Wildman–Crippen LogP) is 5.02. The van der Waals surface area contributed by atoms with Crippen LogP contribution in [0.1, 0.15) is 37.4 Å². The summed E-state index contributed by atoms with van der Waals surface area (Å²) in [6.45, 7) is 3.93. The summed E-state index contributed by atoms with van der Waals surface area (Å²) in [5.41, 5.74) is 4.29. The van der Waals surface area contributed by atoms with Gasteiger partial charge in [-0.3, -0.25) is 9.78 Å². The molecule has 0 aliphatic carbocycles. The lowest BCUT2D eigenvalue weighted by atomic mass is 9.93. The summed E-state index contributed by atoms with van der Waals surface area (Å²) in [5, 5.41) is 9.64. The quantitative estimate of drug-likeness (QED) is 0.280. The zero-order chi connectivity index (χ0) is 24.7. The van der Waals surface area contributed by atoms with E-state index in [1.165, 1.54) is 12.1 Å². The van der Waals surface area contributed by atoms with Crippen molar-refractivity contribution < 1.29 is 28.5 Å². The largest absolute Gasteiger partial charge is 0.508 e. The minimum atomic E-state index is -2.56. The highest BCUT2D eigenvalue weighted by molar-refractivity contribution is 7.38. The molecule has 8 heteroatoms. The van der Waals surface area contributed by atoms with Crippen molar-refractivity contribution in [1.29, 1.82) is 0 Å². The molecule has 1 heterocycles. The van der Waals surface area contributed by atoms with Gasteiger partial charge in [-0.05, 0) is 40.2 Å². The molecule has 3 rings (SSSR count). The number of aliphatic hydroxyl groups is 1. The molecular formula is C26H24FNO5P+. The first-order valence-corrected chi connectivity index (χ1v) is 12.0. The predicted molar refractivity (Wildman–Crippen MR) is 127 cm³/mol. The van der Waals surface area contributed by atoms with Crippen LogP contribution in [0.15, 0.2) is 60.7 Å². The van der Waals surface area contributed by atoms with Crippen LogP contribution in [-0.2, 0) is 14.1 Å². The second-order valence-corrected chi connectivity index (χ2v) is 9.01. The molecule has 34 heavy (non-hydrogen) atoms. The Morgan fingerprint density at radius 1 is 1.12 bits per heavy atom. The smallest absolute Gasteiger partial charge is 0.388 e. The number of ether oxygens (including phenoxy) is 1. The zero-order valence-corrected chi connectivity index (χ0v) is 19.6. The van der Waals surface area contributed by atoms with Crippen molar-refractivity contribution in [3.05, 3.63) is 77.7 Å². The number of benzene rings is 2. The molecule has 0 radical (unpaired) electrons. The van der Waals surface area contributed by atoms with Gasteiger partial charge in [0.25, 0.3) is 0 Å². The first kappa shape index (κ1) is 25.2. The van der Waals surface area contributed by atoms with Crippen molar-refractivity contribution in [3.8, 4) is 34.4 Å². The van der Waals surface area contributed by atoms with Crippen LogP contribution in [-0.4, -0.2) is 33.2 Å². The highest BCUT2D eigenvalue weighted by atomic mass is 31.1. The maximum Gasteiger partial charge on any atom is 0.508 e. The van der Waals surface area contributed by atoms with Crippen LogP contribution in [0.2, 0.25) is 0 Å². The molecule has 0 saturated heterocycles. The van der Waals surface area contributed by atoms with Gasteiger partial charge in [-0.25, -0.2) is 4.39 Å². The number of aliphatic hydroxyl groups excluding tert-OH is 1. The summed E-state index contributed by atoms with van der Waals surface area (Å²) in [7, 11) is -2.56. The van der Waals surface area contributed by atoms with Crippen LogP contribution in [0, 0.1) is 17.8 Å². The molecule has 1 aromatic heterocycles. The Morgan fingerprint density at radius 3 is 2.41 bits per heavy atom. The van der Waals surface area contributed by atoms with Crippen LogP contribution in [0.5, 0.6) is 0 Å². The molecule has 2 unspecified atom stereocenters. The molecule has 2 aromatic carbocycles. The Morgan fingerprint density at radius 2 is 1.79 bits per heavy atom. The number of halogens is 1. The Bertz CT molecular complexity index is 1230. The Kier molecular flexibility index (Phi) is 8.61. The van der Waals surface area contributed by atoms with Crippen molar-refractivity contribution in [2.24, 2.45) is 0 Å². The van der Waals surface area contributed by atoms with Gasteiger partial charge in [0.15, 0.2) is 0 Å². The topological polar surface area (TPSA) is 96.7 Å². The SMILES string of the molecule is CC(C)c1nc(-c2ccccc2)cc(-c2ccc(F)cc2)c1C#COC(=O)CC(O)C[P+](=O)O. The average molecular weight is 480 g/mol. The second kappa shape index (κ2) is 11.6. The molecule has 0 spiro atoms. The molecule has 2 atom stereocenters. The molecular weight excluding hydrogens is 456 g/mol. The minimum absolute atomic E-state index is 0.0226. The van der Waals surface area contributed by atoms with Gasteiger partial charge in [-0.2, -0.15) is 4.89 Å². The van der Waals surface area contributed by atoms with Crippen molar-refractivity contribution in [2.45, 2.75) is 32.3 Å². The zero-order valence-electron chi connectivity index (χ0n) is 18.7. The highest BCUT2D eigenvalue weighted by Crippen LogP contribution is 2.33. The highest BCUT2D eigenvalue weighted by Gasteiger charge is 2.22. The summed E-state index contributed by atoms with van der Waals surface area (Å²) < 4.78 is 29.3. The summed E-state index contributed by atoms with van der Waals surface area (Å²) in [6, 6.07) is 17.5. The lowest BCUT2D eigenvalue weighted by Gasteiger charge is -2.15. The van der Waals surface area contributed by atoms with E-state index in [4.69, 9.17) is 14.6 Å². The van der Waals surface area contributed by atoms with Crippen LogP contribution in [0.25, 0.3) is 22.4 Å². The van der Waals surface area contributed by atoms with Gasteiger partial charge in [0.1, 0.15) is 18.0 Å². The molecule has 0 aliphatic rings. The third-order valence-electron chi connectivity index (χ3n) is 4.93. The fourth-order valence-corrected chi connectivity index (χ4v) is 3.83. The lowest BCUT2D eigenvalue weighted by molar-refractivity contribution is -0.138. The van der Waals surface area contributed by atoms with Crippen molar-refractivity contribution in [1.82, 2.24) is 4.98 Å². The third-order valence-corrected chi connectivity index (χ3v) is 5.66. The van der Waals surface area contributed by atoms with E-state index in [9.17, 15) is 18.9 Å². The van der Waals surface area contributed by atoms with Gasteiger partial charge in [0, 0.05) is 11.1 Å². The monoisotopic (exact) mass is 480 g/mol. The number of carbonyl (C=O) groups is 1. The number of nitrogens with zero attached hydrogens (tertiary/aromatic N) is 1. The fourth-order valence-electron chi connectivity index (χ4n) is 3.34. The number of pyridine rings is 1. The third kappa shape index (κ3) is 6.79. The van der Waals surface area contributed by atoms with E-state index >= 15 is 0 Å². The van der Waals surface area contributed by atoms with Crippen LogP contribution < -0.4 is 0 Å².